The third kappa shape index (κ3) is 5.56. The summed E-state index contributed by atoms with van der Waals surface area (Å²) in [6, 6.07) is 11.7. The molecule has 6 nitrogen and oxygen atoms in total. The Morgan fingerprint density at radius 3 is 2.63 bits per heavy atom. The lowest BCUT2D eigenvalue weighted by molar-refractivity contribution is 0.0427. The van der Waals surface area contributed by atoms with E-state index < -0.39 is 5.60 Å². The van der Waals surface area contributed by atoms with Crippen molar-refractivity contribution in [3.63, 3.8) is 0 Å². The van der Waals surface area contributed by atoms with Gasteiger partial charge in [0.05, 0.1) is 6.54 Å². The highest BCUT2D eigenvalue weighted by atomic mass is 35.5. The van der Waals surface area contributed by atoms with Crippen LogP contribution in [-0.4, -0.2) is 43.9 Å². The van der Waals surface area contributed by atoms with Gasteiger partial charge in [-0.05, 0) is 63.4 Å². The second-order valence-corrected chi connectivity index (χ2v) is 8.57. The van der Waals surface area contributed by atoms with Gasteiger partial charge in [-0.25, -0.2) is 4.99 Å². The van der Waals surface area contributed by atoms with Crippen molar-refractivity contribution in [3.05, 3.63) is 58.5 Å². The zero-order valence-electron chi connectivity index (χ0n) is 18.0. The van der Waals surface area contributed by atoms with E-state index in [1.165, 1.54) is 5.56 Å². The fourth-order valence-electron chi connectivity index (χ4n) is 3.78. The highest BCUT2D eigenvalue weighted by Gasteiger charge is 2.35. The molecule has 1 saturated heterocycles. The van der Waals surface area contributed by atoms with Crippen LogP contribution in [0.4, 0.5) is 0 Å². The van der Waals surface area contributed by atoms with Crippen molar-refractivity contribution in [2.75, 3.05) is 32.8 Å². The van der Waals surface area contributed by atoms with Gasteiger partial charge in [-0.15, -0.1) is 0 Å². The highest BCUT2D eigenvalue weighted by molar-refractivity contribution is 6.30. The molecule has 164 valence electrons. The molecule has 0 aliphatic carbocycles. The Hall–Kier alpha value is -2.02. The molecule has 7 heteroatoms. The average Bonchev–Trinajstić information content (AvgIpc) is 3.18. The van der Waals surface area contributed by atoms with E-state index >= 15 is 0 Å². The Morgan fingerprint density at radius 2 is 2.00 bits per heavy atom. The van der Waals surface area contributed by atoms with Crippen molar-refractivity contribution < 1.29 is 14.3 Å². The summed E-state index contributed by atoms with van der Waals surface area (Å²) in [5.41, 5.74) is -0.0559. The van der Waals surface area contributed by atoms with Gasteiger partial charge >= 0.3 is 0 Å². The number of halogens is 1. The van der Waals surface area contributed by atoms with Gasteiger partial charge in [0.2, 0.25) is 0 Å². The van der Waals surface area contributed by atoms with Crippen LogP contribution in [0.5, 0.6) is 0 Å². The monoisotopic (exact) mass is 433 g/mol. The summed E-state index contributed by atoms with van der Waals surface area (Å²) in [4.78, 5) is 4.62. The van der Waals surface area contributed by atoms with Gasteiger partial charge in [0.25, 0.3) is 0 Å². The van der Waals surface area contributed by atoms with Gasteiger partial charge in [0, 0.05) is 36.7 Å². The van der Waals surface area contributed by atoms with Gasteiger partial charge in [0.1, 0.15) is 17.1 Å². The molecule has 0 bridgehead atoms. The Morgan fingerprint density at radius 1 is 1.23 bits per heavy atom. The van der Waals surface area contributed by atoms with E-state index in [4.69, 9.17) is 20.8 Å². The minimum absolute atomic E-state index is 0.0834. The number of guanidine groups is 1. The van der Waals surface area contributed by atoms with Crippen molar-refractivity contribution >= 4 is 17.6 Å². The first-order valence-electron chi connectivity index (χ1n) is 10.5. The van der Waals surface area contributed by atoms with Gasteiger partial charge in [0.15, 0.2) is 5.96 Å². The molecule has 1 atom stereocenters. The Balaban J connectivity index is 1.75. The molecule has 2 aromatic rings. The van der Waals surface area contributed by atoms with Gasteiger partial charge in [-0.2, -0.15) is 0 Å². The Kier molecular flexibility index (Phi) is 7.45. The number of hydrogen-bond donors (Lipinski definition) is 3. The molecular weight excluding hydrogens is 402 g/mol. The molecular formula is C23H32ClN3O3. The maximum absolute atomic E-state index is 10.8. The molecule has 3 rings (SSSR count). The molecule has 1 fully saturated rings. The number of ether oxygens (including phenoxy) is 1. The average molecular weight is 434 g/mol. The van der Waals surface area contributed by atoms with E-state index in [-0.39, 0.29) is 12.0 Å². The summed E-state index contributed by atoms with van der Waals surface area (Å²) in [5.74, 6) is 1.94. The lowest BCUT2D eigenvalue weighted by Crippen LogP contribution is -2.48. The molecule has 2 heterocycles. The van der Waals surface area contributed by atoms with Crippen LogP contribution in [0.15, 0.2) is 45.8 Å². The first-order chi connectivity index (χ1) is 14.3. The van der Waals surface area contributed by atoms with E-state index in [0.29, 0.717) is 31.5 Å². The maximum atomic E-state index is 10.8. The zero-order chi connectivity index (χ0) is 21.6. The molecule has 1 aromatic carbocycles. The van der Waals surface area contributed by atoms with E-state index in [9.17, 15) is 5.11 Å². The maximum Gasteiger partial charge on any atom is 0.191 e. The molecule has 1 unspecified atom stereocenters. The van der Waals surface area contributed by atoms with Crippen LogP contribution in [0.1, 0.15) is 43.8 Å². The number of aliphatic imine (C=N–C) groups is 1. The molecule has 30 heavy (non-hydrogen) atoms. The summed E-state index contributed by atoms with van der Waals surface area (Å²) in [7, 11) is 0. The molecule has 3 N–H and O–H groups in total. The third-order valence-corrected chi connectivity index (χ3v) is 5.88. The molecule has 1 aromatic heterocycles. The number of nitrogens with zero attached hydrogens (tertiary/aromatic N) is 1. The smallest absolute Gasteiger partial charge is 0.191 e. The highest BCUT2D eigenvalue weighted by Crippen LogP contribution is 2.35. The van der Waals surface area contributed by atoms with Crippen LogP contribution in [-0.2, 0) is 15.8 Å². The second-order valence-electron chi connectivity index (χ2n) is 8.14. The zero-order valence-corrected chi connectivity index (χ0v) is 18.8. The fraction of sp³-hybridized carbons (Fsp3) is 0.522. The predicted octanol–water partition coefficient (Wildman–Crippen LogP) is 3.75. The van der Waals surface area contributed by atoms with Crippen molar-refractivity contribution in [2.45, 2.75) is 44.6 Å². The van der Waals surface area contributed by atoms with Gasteiger partial charge < -0.3 is 24.9 Å². The molecule has 1 aliphatic rings. The number of aryl methyl sites for hydroxylation is 1. The minimum Gasteiger partial charge on any atom is -0.463 e. The van der Waals surface area contributed by atoms with E-state index in [1.54, 1.807) is 13.0 Å². The summed E-state index contributed by atoms with van der Waals surface area (Å²) >= 11 is 6.27. The third-order valence-electron chi connectivity index (χ3n) is 5.64. The van der Waals surface area contributed by atoms with Crippen molar-refractivity contribution in [1.29, 1.82) is 0 Å². The molecule has 0 amide bonds. The van der Waals surface area contributed by atoms with Crippen LogP contribution in [0, 0.1) is 6.92 Å². The predicted molar refractivity (Wildman–Crippen MR) is 120 cm³/mol. The largest absolute Gasteiger partial charge is 0.463 e. The number of rotatable bonds is 7. The number of benzene rings is 1. The SMILES string of the molecule is CCNC(=NCC(C)(O)c1ccc(C)o1)NCC1(c2cccc(Cl)c2)CCOCC1. The Bertz CT molecular complexity index is 857. The molecule has 1 aliphatic heterocycles. The minimum atomic E-state index is -1.18. The number of nitrogens with one attached hydrogen (secondary N) is 2. The second kappa shape index (κ2) is 9.86. The van der Waals surface area contributed by atoms with Crippen LogP contribution in [0.2, 0.25) is 5.02 Å². The van der Waals surface area contributed by atoms with Crippen LogP contribution in [0.25, 0.3) is 0 Å². The van der Waals surface area contributed by atoms with Crippen molar-refractivity contribution in [2.24, 2.45) is 4.99 Å². The first kappa shape index (κ1) is 22.7. The topological polar surface area (TPSA) is 79.0 Å². The summed E-state index contributed by atoms with van der Waals surface area (Å²) in [6.45, 7) is 8.63. The summed E-state index contributed by atoms with van der Waals surface area (Å²) < 4.78 is 11.2. The van der Waals surface area contributed by atoms with Crippen molar-refractivity contribution in [1.82, 2.24) is 10.6 Å². The molecule has 0 spiro atoms. The number of aliphatic hydroxyl groups is 1. The normalized spacial score (nSPS) is 18.6. The van der Waals surface area contributed by atoms with E-state index in [1.807, 2.05) is 38.1 Å². The quantitative estimate of drug-likeness (QED) is 0.457. The summed E-state index contributed by atoms with van der Waals surface area (Å²) in [6.07, 6.45) is 1.81. The lowest BCUT2D eigenvalue weighted by atomic mass is 9.74. The number of furan rings is 1. The molecule has 0 radical (unpaired) electrons. The summed E-state index contributed by atoms with van der Waals surface area (Å²) in [5, 5.41) is 18.3. The van der Waals surface area contributed by atoms with Crippen LogP contribution < -0.4 is 10.6 Å². The van der Waals surface area contributed by atoms with Crippen LogP contribution >= 0.6 is 11.6 Å². The van der Waals surface area contributed by atoms with E-state index in [0.717, 1.165) is 30.2 Å². The van der Waals surface area contributed by atoms with Gasteiger partial charge in [-0.3, -0.25) is 0 Å². The Labute approximate surface area is 183 Å². The first-order valence-corrected chi connectivity index (χ1v) is 10.9. The van der Waals surface area contributed by atoms with E-state index in [2.05, 4.69) is 21.7 Å². The van der Waals surface area contributed by atoms with Crippen molar-refractivity contribution in [3.8, 4) is 0 Å². The fourth-order valence-corrected chi connectivity index (χ4v) is 3.97. The lowest BCUT2D eigenvalue weighted by Gasteiger charge is -2.38. The molecule has 0 saturated carbocycles. The van der Waals surface area contributed by atoms with Gasteiger partial charge in [-0.1, -0.05) is 23.7 Å². The van der Waals surface area contributed by atoms with Crippen LogP contribution in [0.3, 0.4) is 0 Å². The standard InChI is InChI=1S/C23H32ClN3O3/c1-4-25-21(26-15-22(3,28)20-9-8-17(2)30-20)27-16-23(10-12-29-13-11-23)18-6-5-7-19(24)14-18/h5-9,14,28H,4,10-13,15-16H2,1-3H3,(H2,25,26,27). The number of hydrogen-bond acceptors (Lipinski definition) is 4.